The number of ether oxygens (including phenoxy) is 1. The van der Waals surface area contributed by atoms with E-state index in [1.807, 2.05) is 0 Å². The molecule has 0 radical (unpaired) electrons. The maximum atomic E-state index is 12.3. The Morgan fingerprint density at radius 3 is 2.21 bits per heavy atom. The lowest BCUT2D eigenvalue weighted by molar-refractivity contribution is -0.140. The number of carbonyl (C=O) groups is 1. The molecule has 1 N–H and O–H groups in total. The van der Waals surface area contributed by atoms with Crippen LogP contribution in [0.4, 0.5) is 0 Å². The minimum Gasteiger partial charge on any atom is -0.457 e. The van der Waals surface area contributed by atoms with Gasteiger partial charge in [0, 0.05) is 12.2 Å². The molecular weight excluding hydrogens is 516 g/mol. The highest BCUT2D eigenvalue weighted by Crippen LogP contribution is 2.40. The average Bonchev–Trinajstić information content (AvgIpc) is 3.03. The van der Waals surface area contributed by atoms with Gasteiger partial charge in [-0.1, -0.05) is 107 Å². The van der Waals surface area contributed by atoms with Crippen LogP contribution in [0.25, 0.3) is 22.3 Å². The fraction of sp³-hybridized carbons (Fsp3) is 0.462. The maximum Gasteiger partial charge on any atom is 0.333 e. The summed E-state index contributed by atoms with van der Waals surface area (Å²) >= 11 is 0. The van der Waals surface area contributed by atoms with Gasteiger partial charge in [0.2, 0.25) is 0 Å². The van der Waals surface area contributed by atoms with E-state index in [9.17, 15) is 4.79 Å². The molecule has 1 aliphatic carbocycles. The number of rotatable bonds is 14. The Kier molecular flexibility index (Phi) is 12.0. The second kappa shape index (κ2) is 15.9. The zero-order valence-electron chi connectivity index (χ0n) is 26.1. The van der Waals surface area contributed by atoms with E-state index < -0.39 is 0 Å². The molecule has 0 aliphatic heterocycles. The molecule has 0 amide bonds. The third-order valence-corrected chi connectivity index (χ3v) is 9.06. The Morgan fingerprint density at radius 1 is 0.857 bits per heavy atom. The van der Waals surface area contributed by atoms with Crippen LogP contribution in [0.5, 0.6) is 0 Å². The predicted octanol–water partition coefficient (Wildman–Crippen LogP) is 9.98. The first-order chi connectivity index (χ1) is 20.4. The molecule has 0 atom stereocenters. The van der Waals surface area contributed by atoms with E-state index >= 15 is 0 Å². The summed E-state index contributed by atoms with van der Waals surface area (Å²) in [6.45, 7) is 10.4. The Hall–Kier alpha value is -3.17. The number of hydrogen-bond donors (Lipinski definition) is 1. The van der Waals surface area contributed by atoms with Gasteiger partial charge in [0.1, 0.15) is 6.61 Å². The molecule has 3 heteroatoms. The van der Waals surface area contributed by atoms with Crippen LogP contribution in [-0.2, 0) is 29.0 Å². The number of esters is 1. The van der Waals surface area contributed by atoms with Crippen molar-refractivity contribution >= 4 is 5.97 Å². The number of benzene rings is 3. The van der Waals surface area contributed by atoms with E-state index in [4.69, 9.17) is 9.84 Å². The van der Waals surface area contributed by atoms with Crippen LogP contribution in [0.1, 0.15) is 107 Å². The highest BCUT2D eigenvalue weighted by atomic mass is 16.5. The summed E-state index contributed by atoms with van der Waals surface area (Å²) in [7, 11) is 0. The Bertz CT molecular complexity index is 1310. The number of carbonyl (C=O) groups excluding carboxylic acids is 1. The molecule has 4 rings (SSSR count). The highest BCUT2D eigenvalue weighted by molar-refractivity contribution is 5.87. The van der Waals surface area contributed by atoms with E-state index in [1.165, 1.54) is 79.2 Å². The SMILES string of the molecule is C=C(C)C(=O)OCc1cc(C2CCC(CCCCC)CC2)ccc1-c1ccc(-c2ccc(CCCO)cc2)c(CC)c1. The Labute approximate surface area is 254 Å². The predicted molar refractivity (Wildman–Crippen MR) is 176 cm³/mol. The molecule has 0 saturated heterocycles. The smallest absolute Gasteiger partial charge is 0.333 e. The molecule has 1 fully saturated rings. The van der Waals surface area contributed by atoms with E-state index in [-0.39, 0.29) is 19.2 Å². The quantitative estimate of drug-likeness (QED) is 0.120. The minimum absolute atomic E-state index is 0.221. The van der Waals surface area contributed by atoms with Gasteiger partial charge in [0.15, 0.2) is 0 Å². The van der Waals surface area contributed by atoms with Crippen molar-refractivity contribution in [3.63, 3.8) is 0 Å². The van der Waals surface area contributed by atoms with Crippen molar-refractivity contribution in [2.45, 2.75) is 104 Å². The number of unbranched alkanes of at least 4 members (excludes halogenated alkanes) is 2. The van der Waals surface area contributed by atoms with E-state index in [0.29, 0.717) is 11.5 Å². The van der Waals surface area contributed by atoms with Crippen LogP contribution < -0.4 is 0 Å². The highest BCUT2D eigenvalue weighted by Gasteiger charge is 2.23. The Balaban J connectivity index is 1.58. The van der Waals surface area contributed by atoms with Gasteiger partial charge >= 0.3 is 5.97 Å². The lowest BCUT2D eigenvalue weighted by Crippen LogP contribution is -2.14. The summed E-state index contributed by atoms with van der Waals surface area (Å²) in [4.78, 5) is 12.3. The molecule has 0 spiro atoms. The molecule has 3 aromatic carbocycles. The first-order valence-corrected chi connectivity index (χ1v) is 16.2. The van der Waals surface area contributed by atoms with Crippen molar-refractivity contribution in [2.24, 2.45) is 5.92 Å². The number of aliphatic hydroxyl groups is 1. The van der Waals surface area contributed by atoms with Crippen LogP contribution in [-0.4, -0.2) is 17.7 Å². The van der Waals surface area contributed by atoms with Gasteiger partial charge in [-0.25, -0.2) is 4.79 Å². The molecule has 42 heavy (non-hydrogen) atoms. The fourth-order valence-electron chi connectivity index (χ4n) is 6.47. The van der Waals surface area contributed by atoms with Gasteiger partial charge < -0.3 is 9.84 Å². The summed E-state index contributed by atoms with van der Waals surface area (Å²) in [5.41, 5.74) is 10.2. The fourth-order valence-corrected chi connectivity index (χ4v) is 6.47. The van der Waals surface area contributed by atoms with Crippen LogP contribution in [0.15, 0.2) is 72.8 Å². The van der Waals surface area contributed by atoms with Gasteiger partial charge in [-0.15, -0.1) is 0 Å². The van der Waals surface area contributed by atoms with Crippen molar-refractivity contribution < 1.29 is 14.6 Å². The molecule has 3 aromatic rings. The van der Waals surface area contributed by atoms with Crippen LogP contribution in [0.2, 0.25) is 0 Å². The molecule has 1 saturated carbocycles. The first-order valence-electron chi connectivity index (χ1n) is 16.2. The molecule has 224 valence electrons. The largest absolute Gasteiger partial charge is 0.457 e. The summed E-state index contributed by atoms with van der Waals surface area (Å²) in [5.74, 6) is 1.11. The lowest BCUT2D eigenvalue weighted by Gasteiger charge is -2.29. The molecule has 0 unspecified atom stereocenters. The minimum atomic E-state index is -0.342. The van der Waals surface area contributed by atoms with E-state index in [1.54, 1.807) is 6.92 Å². The summed E-state index contributed by atoms with van der Waals surface area (Å²) in [6.07, 6.45) is 13.1. The first kappa shape index (κ1) is 31.8. The van der Waals surface area contributed by atoms with Crippen LogP contribution >= 0.6 is 0 Å². The molecule has 1 aliphatic rings. The molecular formula is C39H50O3. The van der Waals surface area contributed by atoms with E-state index in [2.05, 4.69) is 81.1 Å². The number of aryl methyl sites for hydroxylation is 2. The van der Waals surface area contributed by atoms with Crippen LogP contribution in [0.3, 0.4) is 0 Å². The monoisotopic (exact) mass is 566 g/mol. The second-order valence-corrected chi connectivity index (χ2v) is 12.2. The third kappa shape index (κ3) is 8.44. The summed E-state index contributed by atoms with van der Waals surface area (Å²) in [6, 6.07) is 22.3. The third-order valence-electron chi connectivity index (χ3n) is 9.06. The summed E-state index contributed by atoms with van der Waals surface area (Å²) in [5, 5.41) is 9.15. The standard InChI is InChI=1S/C39H50O3/c1-5-7-8-10-29-12-16-32(17-13-29)34-20-22-38(36(26-34)27-42-39(41)28(3)4)35-21-23-37(31(6-2)25-35)33-18-14-30(15-19-33)11-9-24-40/h14-15,18-23,25-26,29,32,40H,3,5-13,16-17,24,27H2,1-2,4H3. The molecule has 0 bridgehead atoms. The van der Waals surface area contributed by atoms with Crippen molar-refractivity contribution in [3.05, 3.63) is 95.1 Å². The van der Waals surface area contributed by atoms with Gasteiger partial charge in [0.05, 0.1) is 0 Å². The number of aliphatic hydroxyl groups excluding tert-OH is 1. The Morgan fingerprint density at radius 2 is 1.55 bits per heavy atom. The summed E-state index contributed by atoms with van der Waals surface area (Å²) < 4.78 is 5.70. The van der Waals surface area contributed by atoms with Crippen LogP contribution in [0, 0.1) is 5.92 Å². The topological polar surface area (TPSA) is 46.5 Å². The number of hydrogen-bond acceptors (Lipinski definition) is 3. The second-order valence-electron chi connectivity index (χ2n) is 12.2. The lowest BCUT2D eigenvalue weighted by atomic mass is 9.76. The zero-order chi connectivity index (χ0) is 29.9. The van der Waals surface area contributed by atoms with Gasteiger partial charge in [-0.3, -0.25) is 0 Å². The molecule has 0 heterocycles. The van der Waals surface area contributed by atoms with E-state index in [0.717, 1.165) is 41.9 Å². The molecule has 0 aromatic heterocycles. The van der Waals surface area contributed by atoms with Crippen molar-refractivity contribution in [2.75, 3.05) is 6.61 Å². The average molecular weight is 567 g/mol. The van der Waals surface area contributed by atoms with Gasteiger partial charge in [-0.05, 0) is 108 Å². The van der Waals surface area contributed by atoms with Gasteiger partial charge in [-0.2, -0.15) is 0 Å². The van der Waals surface area contributed by atoms with Crippen molar-refractivity contribution in [1.29, 1.82) is 0 Å². The molecule has 3 nitrogen and oxygen atoms in total. The zero-order valence-corrected chi connectivity index (χ0v) is 26.1. The van der Waals surface area contributed by atoms with Gasteiger partial charge in [0.25, 0.3) is 0 Å². The maximum absolute atomic E-state index is 12.3. The normalized spacial score (nSPS) is 16.8. The van der Waals surface area contributed by atoms with Crippen molar-refractivity contribution in [3.8, 4) is 22.3 Å². The van der Waals surface area contributed by atoms with Crippen molar-refractivity contribution in [1.82, 2.24) is 0 Å².